The maximum atomic E-state index is 12.0. The standard InChI is InChI=1S/C18H22N4O3/c1-12(9-24-18(23)15-7-5-4-6-8-15)25-14(3)22-11-21-16-13(2)19-10-20-17(16)22/h4-8,10-12,14,16-17H,9H2,1-3H3/t12?,14-,16?,17?/m1/s1. The van der Waals surface area contributed by atoms with Gasteiger partial charge in [-0.25, -0.2) is 14.8 Å². The smallest absolute Gasteiger partial charge is 0.338 e. The van der Waals surface area contributed by atoms with E-state index < -0.39 is 0 Å². The van der Waals surface area contributed by atoms with E-state index in [0.717, 1.165) is 5.71 Å². The largest absolute Gasteiger partial charge is 0.459 e. The van der Waals surface area contributed by atoms with Crippen molar-refractivity contribution in [3.8, 4) is 0 Å². The average molecular weight is 342 g/mol. The van der Waals surface area contributed by atoms with Crippen molar-refractivity contribution < 1.29 is 14.3 Å². The van der Waals surface area contributed by atoms with E-state index in [9.17, 15) is 4.79 Å². The Hall–Kier alpha value is -2.54. The third-order valence-corrected chi connectivity index (χ3v) is 4.17. The van der Waals surface area contributed by atoms with Crippen LogP contribution in [-0.4, -0.2) is 60.4 Å². The minimum absolute atomic E-state index is 0.0535. The topological polar surface area (TPSA) is 75.8 Å². The molecule has 7 nitrogen and oxygen atoms in total. The van der Waals surface area contributed by atoms with Crippen LogP contribution in [0.4, 0.5) is 0 Å². The minimum Gasteiger partial charge on any atom is -0.459 e. The highest BCUT2D eigenvalue weighted by atomic mass is 16.6. The number of hydrogen-bond acceptors (Lipinski definition) is 7. The Kier molecular flexibility index (Phi) is 5.23. The van der Waals surface area contributed by atoms with Crippen LogP contribution in [0.3, 0.4) is 0 Å². The Bertz CT molecular complexity index is 702. The molecule has 0 aromatic heterocycles. The van der Waals surface area contributed by atoms with Crippen LogP contribution >= 0.6 is 0 Å². The molecule has 2 heterocycles. The van der Waals surface area contributed by atoms with E-state index in [1.54, 1.807) is 36.9 Å². The number of carbonyl (C=O) groups excluding carboxylic acids is 1. The van der Waals surface area contributed by atoms with Gasteiger partial charge in [0.25, 0.3) is 0 Å². The normalized spacial score (nSPS) is 23.8. The molecule has 0 bridgehead atoms. The van der Waals surface area contributed by atoms with Crippen LogP contribution < -0.4 is 0 Å². The molecule has 0 spiro atoms. The predicted octanol–water partition coefficient (Wildman–Crippen LogP) is 2.14. The van der Waals surface area contributed by atoms with E-state index in [1.165, 1.54) is 0 Å². The van der Waals surface area contributed by atoms with E-state index in [2.05, 4.69) is 15.0 Å². The second-order valence-corrected chi connectivity index (χ2v) is 6.12. The van der Waals surface area contributed by atoms with Gasteiger partial charge in [-0.1, -0.05) is 18.2 Å². The van der Waals surface area contributed by atoms with Crippen LogP contribution in [0.2, 0.25) is 0 Å². The van der Waals surface area contributed by atoms with E-state index in [4.69, 9.17) is 9.47 Å². The van der Waals surface area contributed by atoms with Gasteiger partial charge >= 0.3 is 5.97 Å². The van der Waals surface area contributed by atoms with Crippen molar-refractivity contribution in [2.24, 2.45) is 15.0 Å². The van der Waals surface area contributed by atoms with Crippen LogP contribution in [0, 0.1) is 0 Å². The van der Waals surface area contributed by atoms with E-state index in [1.807, 2.05) is 31.7 Å². The average Bonchev–Trinajstić information content (AvgIpc) is 3.06. The van der Waals surface area contributed by atoms with Crippen molar-refractivity contribution in [1.29, 1.82) is 0 Å². The van der Waals surface area contributed by atoms with Gasteiger partial charge in [0.1, 0.15) is 25.2 Å². The molecule has 0 amide bonds. The van der Waals surface area contributed by atoms with Gasteiger partial charge < -0.3 is 14.4 Å². The summed E-state index contributed by atoms with van der Waals surface area (Å²) in [6.45, 7) is 5.93. The second-order valence-electron chi connectivity index (χ2n) is 6.12. The summed E-state index contributed by atoms with van der Waals surface area (Å²) in [5.74, 6) is -0.352. The summed E-state index contributed by atoms with van der Waals surface area (Å²) in [7, 11) is 0. The lowest BCUT2D eigenvalue weighted by Crippen LogP contribution is -2.46. The summed E-state index contributed by atoms with van der Waals surface area (Å²) < 4.78 is 11.3. The first-order valence-corrected chi connectivity index (χ1v) is 8.30. The molecule has 25 heavy (non-hydrogen) atoms. The highest BCUT2D eigenvalue weighted by Gasteiger charge is 2.36. The van der Waals surface area contributed by atoms with Gasteiger partial charge in [0.05, 0.1) is 18.0 Å². The first-order valence-electron chi connectivity index (χ1n) is 8.30. The molecule has 2 aliphatic rings. The SMILES string of the molecule is CC1=NC=NC2C1N=CN2[C@@H](C)OC(C)COC(=O)c1ccccc1. The molecule has 0 radical (unpaired) electrons. The second kappa shape index (κ2) is 7.57. The summed E-state index contributed by atoms with van der Waals surface area (Å²) >= 11 is 0. The third-order valence-electron chi connectivity index (χ3n) is 4.17. The molecule has 132 valence electrons. The summed E-state index contributed by atoms with van der Waals surface area (Å²) in [6.07, 6.45) is 2.71. The first-order chi connectivity index (χ1) is 12.1. The zero-order valence-electron chi connectivity index (χ0n) is 14.6. The van der Waals surface area contributed by atoms with Gasteiger partial charge in [-0.3, -0.25) is 4.99 Å². The molecule has 3 rings (SSSR count). The van der Waals surface area contributed by atoms with Crippen LogP contribution in [0.15, 0.2) is 45.3 Å². The maximum Gasteiger partial charge on any atom is 0.338 e. The van der Waals surface area contributed by atoms with Crippen LogP contribution in [0.1, 0.15) is 31.1 Å². The van der Waals surface area contributed by atoms with Crippen molar-refractivity contribution in [3.05, 3.63) is 35.9 Å². The van der Waals surface area contributed by atoms with Gasteiger partial charge in [-0.15, -0.1) is 0 Å². The summed E-state index contributed by atoms with van der Waals surface area (Å²) in [6, 6.07) is 8.86. The molecule has 1 aromatic carbocycles. The number of esters is 1. The monoisotopic (exact) mass is 342 g/mol. The number of fused-ring (bicyclic) bond motifs is 1. The summed E-state index contributed by atoms with van der Waals surface area (Å²) in [5, 5.41) is 0. The van der Waals surface area contributed by atoms with E-state index in [0.29, 0.717) is 5.56 Å². The van der Waals surface area contributed by atoms with Gasteiger partial charge in [0.15, 0.2) is 6.17 Å². The lowest BCUT2D eigenvalue weighted by Gasteiger charge is -2.32. The zero-order chi connectivity index (χ0) is 17.8. The van der Waals surface area contributed by atoms with Crippen molar-refractivity contribution in [2.75, 3.05) is 6.61 Å². The fourth-order valence-corrected chi connectivity index (χ4v) is 2.81. The number of aliphatic imine (C=N–C) groups is 3. The van der Waals surface area contributed by atoms with Crippen molar-refractivity contribution in [2.45, 2.75) is 45.3 Å². The van der Waals surface area contributed by atoms with Gasteiger partial charge in [-0.05, 0) is 32.9 Å². The lowest BCUT2D eigenvalue weighted by atomic mass is 10.1. The van der Waals surface area contributed by atoms with Crippen LogP contribution in [0.5, 0.6) is 0 Å². The number of rotatable bonds is 6. The van der Waals surface area contributed by atoms with Gasteiger partial charge in [0, 0.05) is 5.71 Å². The van der Waals surface area contributed by atoms with E-state index in [-0.39, 0.29) is 37.1 Å². The number of hydrogen-bond donors (Lipinski definition) is 0. The molecule has 0 saturated carbocycles. The fourth-order valence-electron chi connectivity index (χ4n) is 2.81. The molecule has 1 aromatic rings. The fraction of sp³-hybridized carbons (Fsp3) is 0.444. The molecule has 0 fully saturated rings. The van der Waals surface area contributed by atoms with Crippen molar-refractivity contribution in [3.63, 3.8) is 0 Å². The molecule has 0 N–H and O–H groups in total. The predicted molar refractivity (Wildman–Crippen MR) is 96.2 cm³/mol. The Morgan fingerprint density at radius 1 is 1.24 bits per heavy atom. The minimum atomic E-state index is -0.352. The number of carbonyl (C=O) groups is 1. The number of nitrogens with zero attached hydrogens (tertiary/aromatic N) is 4. The lowest BCUT2D eigenvalue weighted by molar-refractivity contribution is -0.0823. The van der Waals surface area contributed by atoms with E-state index >= 15 is 0 Å². The van der Waals surface area contributed by atoms with Crippen LogP contribution in [-0.2, 0) is 9.47 Å². The van der Waals surface area contributed by atoms with Gasteiger partial charge in [-0.2, -0.15) is 0 Å². The zero-order valence-corrected chi connectivity index (χ0v) is 14.6. The van der Waals surface area contributed by atoms with Crippen molar-refractivity contribution in [1.82, 2.24) is 4.90 Å². The third kappa shape index (κ3) is 3.93. The molecule has 2 aliphatic heterocycles. The Balaban J connectivity index is 1.49. The highest BCUT2D eigenvalue weighted by molar-refractivity contribution is 5.97. The quantitative estimate of drug-likeness (QED) is 0.742. The van der Waals surface area contributed by atoms with Gasteiger partial charge in [0.2, 0.25) is 0 Å². The summed E-state index contributed by atoms with van der Waals surface area (Å²) in [4.78, 5) is 27.0. The Morgan fingerprint density at radius 2 is 2.00 bits per heavy atom. The molecular formula is C18H22N4O3. The highest BCUT2D eigenvalue weighted by Crippen LogP contribution is 2.22. The molecule has 0 saturated heterocycles. The Morgan fingerprint density at radius 3 is 2.76 bits per heavy atom. The number of ether oxygens (including phenoxy) is 2. The Labute approximate surface area is 147 Å². The molecule has 4 atom stereocenters. The summed E-state index contributed by atoms with van der Waals surface area (Å²) in [5.41, 5.74) is 1.47. The molecule has 7 heteroatoms. The van der Waals surface area contributed by atoms with Crippen molar-refractivity contribution >= 4 is 24.4 Å². The maximum absolute atomic E-state index is 12.0. The molecule has 0 aliphatic carbocycles. The molecule has 3 unspecified atom stereocenters. The molecular weight excluding hydrogens is 320 g/mol. The first kappa shape index (κ1) is 17.3. The van der Waals surface area contributed by atoms with Crippen LogP contribution in [0.25, 0.3) is 0 Å². The number of benzene rings is 1.